The van der Waals surface area contributed by atoms with Crippen LogP contribution in [0.15, 0.2) is 42.7 Å². The van der Waals surface area contributed by atoms with Gasteiger partial charge in [-0.1, -0.05) is 17.4 Å². The Bertz CT molecular complexity index is 1530. The van der Waals surface area contributed by atoms with Crippen LogP contribution in [0.2, 0.25) is 0 Å². The Morgan fingerprint density at radius 3 is 2.59 bits per heavy atom. The minimum atomic E-state index is -0.727. The van der Waals surface area contributed by atoms with Crippen molar-refractivity contribution in [3.63, 3.8) is 0 Å². The lowest BCUT2D eigenvalue weighted by Gasteiger charge is -2.30. The fraction of sp³-hybridized carbons (Fsp3) is 0.357. The predicted molar refractivity (Wildman–Crippen MR) is 151 cm³/mol. The lowest BCUT2D eigenvalue weighted by atomic mass is 9.97. The second-order valence-corrected chi connectivity index (χ2v) is 10.9. The number of hydrogen-bond donors (Lipinski definition) is 3. The van der Waals surface area contributed by atoms with E-state index >= 15 is 0 Å². The van der Waals surface area contributed by atoms with Gasteiger partial charge in [0.25, 0.3) is 0 Å². The van der Waals surface area contributed by atoms with E-state index in [4.69, 9.17) is 15.0 Å². The van der Waals surface area contributed by atoms with Gasteiger partial charge >= 0.3 is 12.0 Å². The number of nitrogens with zero attached hydrogens (tertiary/aromatic N) is 5. The minimum Gasteiger partial charge on any atom is -0.481 e. The molecule has 2 fully saturated rings. The molecule has 0 atom stereocenters. The molecule has 1 aliphatic heterocycles. The second kappa shape index (κ2) is 10.6. The molecule has 200 valence electrons. The number of thiazole rings is 1. The molecule has 10 nitrogen and oxygen atoms in total. The Morgan fingerprint density at radius 2 is 1.90 bits per heavy atom. The molecule has 6 rings (SSSR count). The van der Waals surface area contributed by atoms with E-state index in [0.29, 0.717) is 49.5 Å². The van der Waals surface area contributed by atoms with Crippen LogP contribution < -0.4 is 15.5 Å². The van der Waals surface area contributed by atoms with Crippen LogP contribution in [0.4, 0.5) is 15.9 Å². The van der Waals surface area contributed by atoms with Crippen molar-refractivity contribution in [3.05, 3.63) is 48.4 Å². The molecule has 3 N–H and O–H groups in total. The molecular weight excluding hydrogens is 514 g/mol. The highest BCUT2D eigenvalue weighted by Gasteiger charge is 2.31. The van der Waals surface area contributed by atoms with Crippen LogP contribution in [0.1, 0.15) is 44.2 Å². The van der Waals surface area contributed by atoms with Crippen molar-refractivity contribution < 1.29 is 14.7 Å². The number of carboxylic acid groups (broad SMARTS) is 1. The number of carboxylic acids is 1. The van der Waals surface area contributed by atoms with Gasteiger partial charge in [-0.15, -0.1) is 0 Å². The summed E-state index contributed by atoms with van der Waals surface area (Å²) in [6, 6.07) is 9.67. The van der Waals surface area contributed by atoms with Crippen LogP contribution in [-0.4, -0.2) is 56.7 Å². The number of rotatable bonds is 7. The Kier molecular flexibility index (Phi) is 6.82. The van der Waals surface area contributed by atoms with Gasteiger partial charge in [0.05, 0.1) is 27.5 Å². The topological polar surface area (TPSA) is 133 Å². The summed E-state index contributed by atoms with van der Waals surface area (Å²) < 4.78 is 0.941. The normalized spacial score (nSPS) is 15.9. The van der Waals surface area contributed by atoms with E-state index in [2.05, 4.69) is 26.6 Å². The predicted octanol–water partition coefficient (Wildman–Crippen LogP) is 5.14. The van der Waals surface area contributed by atoms with Gasteiger partial charge in [-0.05, 0) is 62.4 Å². The number of nitrogens with one attached hydrogen (secondary N) is 2. The summed E-state index contributed by atoms with van der Waals surface area (Å²) in [5.41, 5.74) is 5.47. The van der Waals surface area contributed by atoms with Crippen molar-refractivity contribution in [3.8, 4) is 22.4 Å². The number of benzene rings is 1. The first-order valence-electron chi connectivity index (χ1n) is 13.3. The van der Waals surface area contributed by atoms with Gasteiger partial charge in [0.2, 0.25) is 5.95 Å². The van der Waals surface area contributed by atoms with Crippen LogP contribution >= 0.6 is 11.3 Å². The van der Waals surface area contributed by atoms with Crippen molar-refractivity contribution in [2.45, 2.75) is 38.5 Å². The quantitative estimate of drug-likeness (QED) is 0.292. The first-order valence-corrected chi connectivity index (χ1v) is 14.1. The summed E-state index contributed by atoms with van der Waals surface area (Å²) in [5.74, 6) is 0.0103. The Labute approximate surface area is 229 Å². The third kappa shape index (κ3) is 5.26. The molecule has 0 bridgehead atoms. The van der Waals surface area contributed by atoms with E-state index in [1.165, 1.54) is 11.3 Å². The number of fused-ring (bicyclic) bond motifs is 1. The molecule has 4 aromatic rings. The lowest BCUT2D eigenvalue weighted by molar-refractivity contribution is -0.142. The van der Waals surface area contributed by atoms with E-state index in [9.17, 15) is 14.7 Å². The Hall–Kier alpha value is -4.12. The van der Waals surface area contributed by atoms with Gasteiger partial charge in [-0.3, -0.25) is 15.1 Å². The highest BCUT2D eigenvalue weighted by Crippen LogP contribution is 2.45. The SMILES string of the molecule is CCNC(=O)Nc1nc2cc(-c3cnc(N4CCC(C(=O)O)CC4)nc3C3CC3)cc(-c3ccccn3)c2s1. The summed E-state index contributed by atoms with van der Waals surface area (Å²) in [6.07, 6.45) is 7.01. The number of hydrogen-bond acceptors (Lipinski definition) is 8. The lowest BCUT2D eigenvalue weighted by Crippen LogP contribution is -2.37. The van der Waals surface area contributed by atoms with Crippen LogP contribution in [-0.2, 0) is 4.79 Å². The van der Waals surface area contributed by atoms with Crippen LogP contribution in [0, 0.1) is 5.92 Å². The fourth-order valence-corrected chi connectivity index (χ4v) is 5.97. The number of carbonyl (C=O) groups is 2. The number of aromatic nitrogens is 4. The summed E-state index contributed by atoms with van der Waals surface area (Å²) in [7, 11) is 0. The molecule has 1 saturated heterocycles. The minimum absolute atomic E-state index is 0.288. The Morgan fingerprint density at radius 1 is 1.08 bits per heavy atom. The van der Waals surface area contributed by atoms with Crippen LogP contribution in [0.3, 0.4) is 0 Å². The van der Waals surface area contributed by atoms with Crippen molar-refractivity contribution >= 4 is 44.6 Å². The van der Waals surface area contributed by atoms with Crippen molar-refractivity contribution in [1.29, 1.82) is 0 Å². The number of aliphatic carboxylic acids is 1. The summed E-state index contributed by atoms with van der Waals surface area (Å²) in [5, 5.41) is 15.4. The smallest absolute Gasteiger partial charge is 0.321 e. The molecule has 1 saturated carbocycles. The first kappa shape index (κ1) is 25.2. The third-order valence-electron chi connectivity index (χ3n) is 7.20. The molecule has 1 aromatic carbocycles. The van der Waals surface area contributed by atoms with Gasteiger partial charge < -0.3 is 15.3 Å². The highest BCUT2D eigenvalue weighted by molar-refractivity contribution is 7.22. The summed E-state index contributed by atoms with van der Waals surface area (Å²) in [4.78, 5) is 44.7. The molecular formula is C28H29N7O3S. The number of pyridine rings is 1. The zero-order valence-corrected chi connectivity index (χ0v) is 22.4. The molecule has 0 spiro atoms. The maximum atomic E-state index is 12.2. The van der Waals surface area contributed by atoms with Gasteiger partial charge in [-0.2, -0.15) is 0 Å². The molecule has 0 unspecified atom stereocenters. The standard InChI is InChI=1S/C28H29N7O3S/c1-2-29-27(38)34-28-32-22-14-18(13-19(24(22)39-28)21-5-3-4-10-30-21)20-15-31-26(33-23(20)16-6-7-16)35-11-8-17(9-12-35)25(36)37/h3-5,10,13-17H,2,6-9,11-12H2,1H3,(H,36,37)(H2,29,32,34,38). The van der Waals surface area contributed by atoms with Crippen molar-refractivity contribution in [2.75, 3.05) is 29.9 Å². The Balaban J connectivity index is 1.40. The average Bonchev–Trinajstić information content (AvgIpc) is 3.72. The van der Waals surface area contributed by atoms with E-state index in [1.807, 2.05) is 37.4 Å². The van der Waals surface area contributed by atoms with Gasteiger partial charge in [0, 0.05) is 49.1 Å². The molecule has 0 radical (unpaired) electrons. The average molecular weight is 544 g/mol. The van der Waals surface area contributed by atoms with Crippen LogP contribution in [0.5, 0.6) is 0 Å². The zero-order valence-electron chi connectivity index (χ0n) is 21.6. The monoisotopic (exact) mass is 543 g/mol. The molecule has 39 heavy (non-hydrogen) atoms. The van der Waals surface area contributed by atoms with Crippen LogP contribution in [0.25, 0.3) is 32.6 Å². The fourth-order valence-electron chi connectivity index (χ4n) is 5.01. The largest absolute Gasteiger partial charge is 0.481 e. The second-order valence-electron chi connectivity index (χ2n) is 9.93. The maximum absolute atomic E-state index is 12.2. The number of amides is 2. The molecule has 1 aliphatic carbocycles. The summed E-state index contributed by atoms with van der Waals surface area (Å²) >= 11 is 1.42. The molecule has 3 aromatic heterocycles. The first-order chi connectivity index (χ1) is 19.0. The summed E-state index contributed by atoms with van der Waals surface area (Å²) in [6.45, 7) is 3.66. The zero-order chi connectivity index (χ0) is 26.9. The molecule has 4 heterocycles. The van der Waals surface area contributed by atoms with Crippen molar-refractivity contribution in [1.82, 2.24) is 25.3 Å². The number of urea groups is 1. The number of anilines is 2. The van der Waals surface area contributed by atoms with E-state index in [-0.39, 0.29) is 11.9 Å². The van der Waals surface area contributed by atoms with Crippen molar-refractivity contribution in [2.24, 2.45) is 5.92 Å². The van der Waals surface area contributed by atoms with E-state index in [1.54, 1.807) is 6.20 Å². The number of carbonyl (C=O) groups excluding carboxylic acids is 1. The maximum Gasteiger partial charge on any atom is 0.321 e. The third-order valence-corrected chi connectivity index (χ3v) is 8.22. The number of piperidine rings is 1. The molecule has 2 amide bonds. The van der Waals surface area contributed by atoms with E-state index in [0.717, 1.165) is 51.1 Å². The van der Waals surface area contributed by atoms with Gasteiger partial charge in [0.1, 0.15) is 0 Å². The molecule has 11 heteroatoms. The van der Waals surface area contributed by atoms with Gasteiger partial charge in [-0.25, -0.2) is 19.7 Å². The highest BCUT2D eigenvalue weighted by atomic mass is 32.1. The molecule has 2 aliphatic rings. The van der Waals surface area contributed by atoms with E-state index < -0.39 is 5.97 Å². The van der Waals surface area contributed by atoms with Gasteiger partial charge in [0.15, 0.2) is 5.13 Å².